The molecule has 1 heteroatoms. The molecule has 1 aromatic carbocycles. The molecule has 2 unspecified atom stereocenters. The summed E-state index contributed by atoms with van der Waals surface area (Å²) in [6.45, 7) is 5.19. The molecule has 1 saturated heterocycles. The molecule has 2 rings (SSSR count). The van der Waals surface area contributed by atoms with Gasteiger partial charge in [0.15, 0.2) is 0 Å². The Hall–Kier alpha value is -0.820. The lowest BCUT2D eigenvalue weighted by atomic mass is 9.86. The molecule has 1 aliphatic rings. The van der Waals surface area contributed by atoms with Crippen LogP contribution in [0.15, 0.2) is 30.3 Å². The molecular formula is C19H30N. The van der Waals surface area contributed by atoms with Crippen molar-refractivity contribution in [2.75, 3.05) is 6.54 Å². The van der Waals surface area contributed by atoms with Crippen LogP contribution in [0.25, 0.3) is 0 Å². The van der Waals surface area contributed by atoms with E-state index in [-0.39, 0.29) is 0 Å². The van der Waals surface area contributed by atoms with E-state index in [4.69, 9.17) is 0 Å². The fraction of sp³-hybridized carbons (Fsp3) is 0.632. The van der Waals surface area contributed by atoms with Gasteiger partial charge < -0.3 is 5.32 Å². The van der Waals surface area contributed by atoms with Crippen LogP contribution in [0, 0.1) is 12.8 Å². The Morgan fingerprint density at radius 3 is 2.70 bits per heavy atom. The van der Waals surface area contributed by atoms with Gasteiger partial charge >= 0.3 is 0 Å². The number of unbranched alkanes of at least 4 members (excludes halogenated alkanes) is 2. The standard InChI is InChI=1S/C19H30N/c1-2-3-9-18-14-15-20-19(16-18)13-8-7-12-17-10-5-4-6-11-17/h4-6,10-11,18-20H,1-3,7-9,12-16H2. The molecule has 1 radical (unpaired) electrons. The van der Waals surface area contributed by atoms with Gasteiger partial charge in [-0.2, -0.15) is 0 Å². The summed E-state index contributed by atoms with van der Waals surface area (Å²) >= 11 is 0. The Morgan fingerprint density at radius 1 is 1.05 bits per heavy atom. The summed E-state index contributed by atoms with van der Waals surface area (Å²) in [4.78, 5) is 0. The second kappa shape index (κ2) is 9.18. The molecule has 1 aliphatic heterocycles. The highest BCUT2D eigenvalue weighted by molar-refractivity contribution is 5.14. The van der Waals surface area contributed by atoms with Gasteiger partial charge in [-0.05, 0) is 50.1 Å². The molecule has 0 bridgehead atoms. The zero-order valence-electron chi connectivity index (χ0n) is 12.8. The second-order valence-corrected chi connectivity index (χ2v) is 6.27. The predicted octanol–water partition coefficient (Wildman–Crippen LogP) is 4.77. The largest absolute Gasteiger partial charge is 0.314 e. The first-order valence-corrected chi connectivity index (χ1v) is 8.45. The van der Waals surface area contributed by atoms with Crippen LogP contribution in [0.5, 0.6) is 0 Å². The third-order valence-corrected chi connectivity index (χ3v) is 4.58. The maximum atomic E-state index is 3.96. The first kappa shape index (κ1) is 15.6. The van der Waals surface area contributed by atoms with E-state index >= 15 is 0 Å². The Labute approximate surface area is 125 Å². The zero-order valence-corrected chi connectivity index (χ0v) is 12.8. The molecule has 1 N–H and O–H groups in total. The van der Waals surface area contributed by atoms with Crippen LogP contribution in [-0.2, 0) is 6.42 Å². The molecular weight excluding hydrogens is 242 g/mol. The number of piperidine rings is 1. The first-order valence-electron chi connectivity index (χ1n) is 8.45. The van der Waals surface area contributed by atoms with E-state index in [0.717, 1.165) is 18.4 Å². The van der Waals surface area contributed by atoms with Crippen LogP contribution in [0.4, 0.5) is 0 Å². The summed E-state index contributed by atoms with van der Waals surface area (Å²) in [6, 6.07) is 11.6. The molecule has 0 amide bonds. The second-order valence-electron chi connectivity index (χ2n) is 6.27. The van der Waals surface area contributed by atoms with E-state index in [0.29, 0.717) is 0 Å². The zero-order chi connectivity index (χ0) is 14.0. The van der Waals surface area contributed by atoms with Gasteiger partial charge in [0.2, 0.25) is 0 Å². The minimum Gasteiger partial charge on any atom is -0.314 e. The first-order chi connectivity index (χ1) is 9.88. The lowest BCUT2D eigenvalue weighted by molar-refractivity contribution is 0.271. The summed E-state index contributed by atoms with van der Waals surface area (Å²) in [5, 5.41) is 3.71. The van der Waals surface area contributed by atoms with Crippen molar-refractivity contribution in [3.63, 3.8) is 0 Å². The highest BCUT2D eigenvalue weighted by Crippen LogP contribution is 2.24. The monoisotopic (exact) mass is 272 g/mol. The van der Waals surface area contributed by atoms with Crippen molar-refractivity contribution in [2.24, 2.45) is 5.92 Å². The number of nitrogens with one attached hydrogen (secondary N) is 1. The Bertz CT molecular complexity index is 346. The van der Waals surface area contributed by atoms with Crippen LogP contribution < -0.4 is 5.32 Å². The smallest absolute Gasteiger partial charge is 0.00697 e. The third kappa shape index (κ3) is 5.66. The molecule has 111 valence electrons. The van der Waals surface area contributed by atoms with Crippen molar-refractivity contribution in [2.45, 2.75) is 63.8 Å². The molecule has 1 aromatic rings. The van der Waals surface area contributed by atoms with E-state index in [1.807, 2.05) is 0 Å². The lowest BCUT2D eigenvalue weighted by Crippen LogP contribution is -2.38. The molecule has 0 aliphatic carbocycles. The fourth-order valence-corrected chi connectivity index (χ4v) is 3.37. The van der Waals surface area contributed by atoms with E-state index in [2.05, 4.69) is 42.6 Å². The molecule has 0 saturated carbocycles. The predicted molar refractivity (Wildman–Crippen MR) is 87.7 cm³/mol. The number of benzene rings is 1. The topological polar surface area (TPSA) is 12.0 Å². The van der Waals surface area contributed by atoms with E-state index < -0.39 is 0 Å². The van der Waals surface area contributed by atoms with E-state index in [1.165, 1.54) is 63.5 Å². The maximum absolute atomic E-state index is 3.96. The minimum absolute atomic E-state index is 0.773. The normalized spacial score (nSPS) is 22.9. The Morgan fingerprint density at radius 2 is 1.90 bits per heavy atom. The number of rotatable bonds is 8. The molecule has 2 atom stereocenters. The average Bonchev–Trinajstić information content (AvgIpc) is 2.51. The van der Waals surface area contributed by atoms with Crippen LogP contribution in [0.3, 0.4) is 0 Å². The molecule has 1 heterocycles. The lowest BCUT2D eigenvalue weighted by Gasteiger charge is -2.30. The average molecular weight is 272 g/mol. The SMILES string of the molecule is [CH2]CCCC1CCNC(CCCCc2ccccc2)C1. The van der Waals surface area contributed by atoms with Crippen LogP contribution in [0.1, 0.15) is 56.9 Å². The quantitative estimate of drug-likeness (QED) is 0.672. The highest BCUT2D eigenvalue weighted by atomic mass is 14.9. The summed E-state index contributed by atoms with van der Waals surface area (Å²) in [5.41, 5.74) is 1.48. The van der Waals surface area contributed by atoms with Crippen LogP contribution in [0.2, 0.25) is 0 Å². The number of hydrogen-bond donors (Lipinski definition) is 1. The van der Waals surface area contributed by atoms with Crippen molar-refractivity contribution in [1.82, 2.24) is 5.32 Å². The fourth-order valence-electron chi connectivity index (χ4n) is 3.37. The maximum Gasteiger partial charge on any atom is 0.00697 e. The van der Waals surface area contributed by atoms with Gasteiger partial charge in [0, 0.05) is 6.04 Å². The number of aryl methyl sites for hydroxylation is 1. The third-order valence-electron chi connectivity index (χ3n) is 4.58. The van der Waals surface area contributed by atoms with Gasteiger partial charge in [-0.3, -0.25) is 0 Å². The summed E-state index contributed by atoms with van der Waals surface area (Å²) < 4.78 is 0. The van der Waals surface area contributed by atoms with Gasteiger partial charge in [-0.1, -0.05) is 62.9 Å². The van der Waals surface area contributed by atoms with Crippen molar-refractivity contribution in [3.05, 3.63) is 42.8 Å². The van der Waals surface area contributed by atoms with Gasteiger partial charge in [0.05, 0.1) is 0 Å². The van der Waals surface area contributed by atoms with Gasteiger partial charge in [0.1, 0.15) is 0 Å². The Balaban J connectivity index is 1.59. The van der Waals surface area contributed by atoms with Crippen LogP contribution in [-0.4, -0.2) is 12.6 Å². The van der Waals surface area contributed by atoms with Crippen molar-refractivity contribution in [3.8, 4) is 0 Å². The van der Waals surface area contributed by atoms with Gasteiger partial charge in [0.25, 0.3) is 0 Å². The summed E-state index contributed by atoms with van der Waals surface area (Å²) in [6.07, 6.45) is 11.8. The van der Waals surface area contributed by atoms with Crippen molar-refractivity contribution < 1.29 is 0 Å². The van der Waals surface area contributed by atoms with Gasteiger partial charge in [-0.15, -0.1) is 0 Å². The molecule has 1 nitrogen and oxygen atoms in total. The summed E-state index contributed by atoms with van der Waals surface area (Å²) in [7, 11) is 0. The Kier molecular flexibility index (Phi) is 7.14. The highest BCUT2D eigenvalue weighted by Gasteiger charge is 2.20. The van der Waals surface area contributed by atoms with Crippen LogP contribution >= 0.6 is 0 Å². The molecule has 20 heavy (non-hydrogen) atoms. The van der Waals surface area contributed by atoms with Crippen molar-refractivity contribution >= 4 is 0 Å². The molecule has 0 aromatic heterocycles. The molecule has 1 fully saturated rings. The van der Waals surface area contributed by atoms with E-state index in [9.17, 15) is 0 Å². The molecule has 0 spiro atoms. The van der Waals surface area contributed by atoms with Crippen molar-refractivity contribution in [1.29, 1.82) is 0 Å². The minimum atomic E-state index is 0.773. The van der Waals surface area contributed by atoms with E-state index in [1.54, 1.807) is 0 Å². The number of hydrogen-bond acceptors (Lipinski definition) is 1. The van der Waals surface area contributed by atoms with Gasteiger partial charge in [-0.25, -0.2) is 0 Å². The summed E-state index contributed by atoms with van der Waals surface area (Å²) in [5.74, 6) is 0.956.